The van der Waals surface area contributed by atoms with E-state index in [1.807, 2.05) is 6.92 Å². The highest BCUT2D eigenvalue weighted by Crippen LogP contribution is 2.29. The predicted molar refractivity (Wildman–Crippen MR) is 46.8 cm³/mol. The Morgan fingerprint density at radius 3 is 2.20 bits per heavy atom. The van der Waals surface area contributed by atoms with Crippen molar-refractivity contribution in [3.63, 3.8) is 0 Å². The van der Waals surface area contributed by atoms with Crippen molar-refractivity contribution in [2.45, 2.75) is 17.5 Å². The number of hydrogen-bond acceptors (Lipinski definition) is 2. The lowest BCUT2D eigenvalue weighted by Gasteiger charge is -2.27. The summed E-state index contributed by atoms with van der Waals surface area (Å²) in [7, 11) is 0. The molecule has 4 heteroatoms. The summed E-state index contributed by atoms with van der Waals surface area (Å²) in [6.07, 6.45) is 0. The molecule has 0 aliphatic carbocycles. The van der Waals surface area contributed by atoms with Gasteiger partial charge in [-0.25, -0.2) is 0 Å². The first kappa shape index (κ1) is 8.97. The molecule has 1 unspecified atom stereocenters. The molecule has 2 nitrogen and oxygen atoms in total. The topological polar surface area (TPSA) is 18.5 Å². The van der Waals surface area contributed by atoms with Crippen molar-refractivity contribution in [2.75, 3.05) is 18.5 Å². The van der Waals surface area contributed by atoms with Gasteiger partial charge in [-0.1, -0.05) is 31.9 Å². The summed E-state index contributed by atoms with van der Waals surface area (Å²) < 4.78 is 10.9. The zero-order valence-corrected chi connectivity index (χ0v) is 8.94. The molecule has 0 aromatic rings. The van der Waals surface area contributed by atoms with Crippen molar-refractivity contribution in [3.8, 4) is 0 Å². The summed E-state index contributed by atoms with van der Waals surface area (Å²) >= 11 is 6.79. The summed E-state index contributed by atoms with van der Waals surface area (Å²) in [5.41, 5.74) is 0. The molecule has 1 saturated heterocycles. The minimum Gasteiger partial charge on any atom is -0.346 e. The molecular weight excluding hydrogens is 264 g/mol. The molecule has 0 spiro atoms. The van der Waals surface area contributed by atoms with Crippen molar-refractivity contribution in [3.05, 3.63) is 0 Å². The summed E-state index contributed by atoms with van der Waals surface area (Å²) in [5.74, 6) is -0.431. The van der Waals surface area contributed by atoms with E-state index in [-0.39, 0.29) is 4.83 Å². The third kappa shape index (κ3) is 1.55. The van der Waals surface area contributed by atoms with Gasteiger partial charge in [0.2, 0.25) is 0 Å². The third-order valence-corrected chi connectivity index (χ3v) is 3.05. The van der Waals surface area contributed by atoms with Crippen LogP contribution in [0.2, 0.25) is 0 Å². The summed E-state index contributed by atoms with van der Waals surface area (Å²) in [5, 5.41) is 0.715. The number of hydrogen-bond donors (Lipinski definition) is 0. The molecule has 1 atom stereocenters. The maximum Gasteiger partial charge on any atom is 0.190 e. The Morgan fingerprint density at radius 2 is 2.00 bits per heavy atom. The summed E-state index contributed by atoms with van der Waals surface area (Å²) in [6.45, 7) is 3.41. The van der Waals surface area contributed by atoms with Gasteiger partial charge in [-0.15, -0.1) is 0 Å². The Bertz CT molecular complexity index is 110. The molecule has 0 bridgehead atoms. The fraction of sp³-hybridized carbons (Fsp3) is 1.00. The molecule has 1 aliphatic heterocycles. The summed E-state index contributed by atoms with van der Waals surface area (Å²) in [6, 6.07) is 0. The first-order valence-corrected chi connectivity index (χ1v) is 5.23. The highest BCUT2D eigenvalue weighted by molar-refractivity contribution is 9.10. The quantitative estimate of drug-likeness (QED) is 0.716. The Hall–Kier alpha value is 0.880. The van der Waals surface area contributed by atoms with Crippen LogP contribution >= 0.6 is 31.9 Å². The number of rotatable bonds is 2. The van der Waals surface area contributed by atoms with E-state index >= 15 is 0 Å². The minimum atomic E-state index is -0.431. The first-order valence-electron chi connectivity index (χ1n) is 3.19. The Kier molecular flexibility index (Phi) is 3.16. The molecule has 0 saturated carbocycles. The zero-order valence-electron chi connectivity index (χ0n) is 5.77. The second-order valence-electron chi connectivity index (χ2n) is 2.26. The van der Waals surface area contributed by atoms with Crippen LogP contribution in [0.3, 0.4) is 0 Å². The van der Waals surface area contributed by atoms with Crippen molar-refractivity contribution < 1.29 is 9.47 Å². The molecule has 0 N–H and O–H groups in total. The van der Waals surface area contributed by atoms with E-state index in [2.05, 4.69) is 31.9 Å². The third-order valence-electron chi connectivity index (χ3n) is 1.57. The number of alkyl halides is 2. The van der Waals surface area contributed by atoms with Gasteiger partial charge in [-0.3, -0.25) is 0 Å². The van der Waals surface area contributed by atoms with Gasteiger partial charge < -0.3 is 9.47 Å². The van der Waals surface area contributed by atoms with Crippen LogP contribution in [0.1, 0.15) is 6.92 Å². The Labute approximate surface area is 77.5 Å². The molecule has 0 aromatic heterocycles. The Morgan fingerprint density at radius 1 is 1.50 bits per heavy atom. The molecule has 10 heavy (non-hydrogen) atoms. The maximum absolute atomic E-state index is 5.44. The van der Waals surface area contributed by atoms with Gasteiger partial charge in [0, 0.05) is 0 Å². The van der Waals surface area contributed by atoms with Gasteiger partial charge in [-0.2, -0.15) is 0 Å². The molecule has 1 heterocycles. The molecule has 1 rings (SSSR count). The van der Waals surface area contributed by atoms with Crippen LogP contribution in [0, 0.1) is 0 Å². The SMILES string of the molecule is CC(Br)C1(CBr)OCCO1. The summed E-state index contributed by atoms with van der Waals surface area (Å²) in [4.78, 5) is 0.224. The van der Waals surface area contributed by atoms with Gasteiger partial charge in [0.05, 0.1) is 23.4 Å². The van der Waals surface area contributed by atoms with Gasteiger partial charge in [0.15, 0.2) is 5.79 Å². The molecule has 0 aromatic carbocycles. The molecule has 1 aliphatic rings. The molecule has 0 amide bonds. The van der Waals surface area contributed by atoms with E-state index in [9.17, 15) is 0 Å². The van der Waals surface area contributed by atoms with E-state index < -0.39 is 5.79 Å². The smallest absolute Gasteiger partial charge is 0.190 e. The van der Waals surface area contributed by atoms with Crippen LogP contribution in [-0.2, 0) is 9.47 Å². The van der Waals surface area contributed by atoms with Gasteiger partial charge >= 0.3 is 0 Å². The lowest BCUT2D eigenvalue weighted by molar-refractivity contribution is -0.132. The first-order chi connectivity index (χ1) is 4.71. The van der Waals surface area contributed by atoms with Crippen molar-refractivity contribution in [2.24, 2.45) is 0 Å². The molecule has 1 fully saturated rings. The fourth-order valence-electron chi connectivity index (χ4n) is 0.884. The lowest BCUT2D eigenvalue weighted by atomic mass is 10.2. The highest BCUT2D eigenvalue weighted by atomic mass is 79.9. The van der Waals surface area contributed by atoms with Gasteiger partial charge in [0.1, 0.15) is 0 Å². The van der Waals surface area contributed by atoms with Crippen LogP contribution in [-0.4, -0.2) is 29.2 Å². The van der Waals surface area contributed by atoms with Crippen molar-refractivity contribution in [1.29, 1.82) is 0 Å². The lowest BCUT2D eigenvalue weighted by Crippen LogP contribution is -2.40. The predicted octanol–water partition coefficient (Wildman–Crippen LogP) is 1.91. The highest BCUT2D eigenvalue weighted by Gasteiger charge is 2.39. The van der Waals surface area contributed by atoms with Crippen molar-refractivity contribution in [1.82, 2.24) is 0 Å². The van der Waals surface area contributed by atoms with E-state index in [1.165, 1.54) is 0 Å². The average Bonchev–Trinajstić information content (AvgIpc) is 2.35. The van der Waals surface area contributed by atoms with Gasteiger partial charge in [-0.05, 0) is 6.92 Å². The van der Waals surface area contributed by atoms with Crippen molar-refractivity contribution >= 4 is 31.9 Å². The zero-order chi connectivity index (χ0) is 7.61. The van der Waals surface area contributed by atoms with Crippen LogP contribution in [0.25, 0.3) is 0 Å². The average molecular weight is 274 g/mol. The Balaban J connectivity index is 2.58. The molecule has 60 valence electrons. The second-order valence-corrected chi connectivity index (χ2v) is 4.19. The largest absolute Gasteiger partial charge is 0.346 e. The monoisotopic (exact) mass is 272 g/mol. The minimum absolute atomic E-state index is 0.224. The number of halogens is 2. The maximum atomic E-state index is 5.44. The van der Waals surface area contributed by atoms with E-state index in [0.717, 1.165) is 0 Å². The number of ether oxygens (including phenoxy) is 2. The molecule has 0 radical (unpaired) electrons. The van der Waals surface area contributed by atoms with Crippen LogP contribution in [0.15, 0.2) is 0 Å². The normalized spacial score (nSPS) is 26.7. The van der Waals surface area contributed by atoms with Crippen LogP contribution < -0.4 is 0 Å². The van der Waals surface area contributed by atoms with Gasteiger partial charge in [0.25, 0.3) is 0 Å². The second kappa shape index (κ2) is 3.52. The van der Waals surface area contributed by atoms with Crippen LogP contribution in [0.5, 0.6) is 0 Å². The standard InChI is InChI=1S/C6H10Br2O2/c1-5(8)6(4-7)9-2-3-10-6/h5H,2-4H2,1H3. The van der Waals surface area contributed by atoms with Crippen LogP contribution in [0.4, 0.5) is 0 Å². The fourth-order valence-corrected chi connectivity index (χ4v) is 2.55. The molecular formula is C6H10Br2O2. The van der Waals surface area contributed by atoms with E-state index in [0.29, 0.717) is 18.5 Å². The van der Waals surface area contributed by atoms with E-state index in [1.54, 1.807) is 0 Å². The van der Waals surface area contributed by atoms with E-state index in [4.69, 9.17) is 9.47 Å².